The van der Waals surface area contributed by atoms with Crippen LogP contribution in [-0.4, -0.2) is 28.6 Å². The Morgan fingerprint density at radius 3 is 2.74 bits per heavy atom. The van der Waals surface area contributed by atoms with Crippen molar-refractivity contribution >= 4 is 39.8 Å². The van der Waals surface area contributed by atoms with Crippen LogP contribution < -0.4 is 9.64 Å². The molecule has 3 heterocycles. The van der Waals surface area contributed by atoms with Crippen molar-refractivity contribution in [3.63, 3.8) is 0 Å². The second-order valence-electron chi connectivity index (χ2n) is 6.41. The molecule has 2 N–H and O–H groups in total. The molecule has 0 saturated heterocycles. The van der Waals surface area contributed by atoms with Gasteiger partial charge in [0.05, 0.1) is 34.5 Å². The number of thiophene rings is 1. The van der Waals surface area contributed by atoms with E-state index in [-0.39, 0.29) is 24.2 Å². The number of aliphatic hydroxyl groups excluding tert-OH is 1. The summed E-state index contributed by atoms with van der Waals surface area (Å²) >= 11 is 3.07. The summed E-state index contributed by atoms with van der Waals surface area (Å²) in [6, 6.07) is 11.6. The number of rotatable bonds is 5. The smallest absolute Gasteiger partial charge is 0.143 e. The molecule has 1 aromatic carbocycles. The summed E-state index contributed by atoms with van der Waals surface area (Å²) in [6.45, 7) is 4.17. The molecule has 0 radical (unpaired) electrons. The van der Waals surface area contributed by atoms with Crippen LogP contribution in [0.4, 0.5) is 5.69 Å². The predicted octanol–water partition coefficient (Wildman–Crippen LogP) is 5.43. The number of para-hydroxylation sites is 2. The topological polar surface area (TPSA) is 69.4 Å². The van der Waals surface area contributed by atoms with E-state index >= 15 is 0 Å². The normalized spacial score (nSPS) is 14.5. The lowest BCUT2D eigenvalue weighted by Crippen LogP contribution is -2.27. The predicted molar refractivity (Wildman–Crippen MR) is 112 cm³/mol. The highest BCUT2D eigenvalue weighted by Gasteiger charge is 2.32. The van der Waals surface area contributed by atoms with Crippen LogP contribution in [0.5, 0.6) is 5.75 Å². The molecule has 4 rings (SSSR count). The molecule has 0 bridgehead atoms. The van der Waals surface area contributed by atoms with Crippen molar-refractivity contribution < 1.29 is 9.84 Å². The Balaban J connectivity index is 1.65. The first-order chi connectivity index (χ1) is 13.0. The van der Waals surface area contributed by atoms with E-state index in [4.69, 9.17) is 10.1 Å². The molecular formula is C20H19N3O2S2. The summed E-state index contributed by atoms with van der Waals surface area (Å²) in [5, 5.41) is 23.9. The molecule has 2 aromatic heterocycles. The first kappa shape index (κ1) is 17.8. The second kappa shape index (κ2) is 7.17. The van der Waals surface area contributed by atoms with Gasteiger partial charge in [-0.2, -0.15) is 0 Å². The van der Waals surface area contributed by atoms with Gasteiger partial charge in [0.2, 0.25) is 0 Å². The van der Waals surface area contributed by atoms with Crippen molar-refractivity contribution in [3.8, 4) is 16.3 Å². The maximum absolute atomic E-state index is 10.6. The van der Waals surface area contributed by atoms with Gasteiger partial charge in [-0.15, -0.1) is 22.7 Å². The number of anilines is 1. The third kappa shape index (κ3) is 3.36. The van der Waals surface area contributed by atoms with Gasteiger partial charge in [-0.25, -0.2) is 4.98 Å². The van der Waals surface area contributed by atoms with Gasteiger partial charge in [-0.3, -0.25) is 5.41 Å². The highest BCUT2D eigenvalue weighted by atomic mass is 32.1. The van der Waals surface area contributed by atoms with Crippen molar-refractivity contribution in [2.75, 3.05) is 11.4 Å². The van der Waals surface area contributed by atoms with E-state index in [1.54, 1.807) is 16.2 Å². The Bertz CT molecular complexity index is 1010. The molecule has 1 aliphatic rings. The van der Waals surface area contributed by atoms with Crippen LogP contribution >= 0.6 is 22.7 Å². The molecular weight excluding hydrogens is 378 g/mol. The molecule has 7 heteroatoms. The molecule has 0 unspecified atom stereocenters. The Morgan fingerprint density at radius 1 is 1.19 bits per heavy atom. The van der Waals surface area contributed by atoms with Crippen molar-refractivity contribution in [3.05, 3.63) is 57.9 Å². The first-order valence-corrected chi connectivity index (χ1v) is 10.3. The number of nitrogens with one attached hydrogen (secondary N) is 1. The molecule has 0 spiro atoms. The molecule has 0 fully saturated rings. The van der Waals surface area contributed by atoms with Gasteiger partial charge >= 0.3 is 0 Å². The van der Waals surface area contributed by atoms with Crippen LogP contribution in [-0.2, 0) is 0 Å². The molecule has 27 heavy (non-hydrogen) atoms. The average molecular weight is 398 g/mol. The van der Waals surface area contributed by atoms with Crippen LogP contribution in [0.25, 0.3) is 16.1 Å². The summed E-state index contributed by atoms with van der Waals surface area (Å²) in [5.74, 6) is 1.09. The van der Waals surface area contributed by atoms with E-state index in [2.05, 4.69) is 4.98 Å². The van der Waals surface area contributed by atoms with Gasteiger partial charge in [0, 0.05) is 5.38 Å². The zero-order valence-corrected chi connectivity index (χ0v) is 16.6. The van der Waals surface area contributed by atoms with Crippen LogP contribution in [0.2, 0.25) is 0 Å². The molecule has 0 saturated carbocycles. The summed E-state index contributed by atoms with van der Waals surface area (Å²) in [6.07, 6.45) is 0.0243. The standard InChI is InChI=1S/C20H19N3O2S2/c1-12(2)25-16-7-4-3-6-14(16)23-10-15(24)18(19(23)21)20-22-13(11-27-20)17-8-5-9-26-17/h3-9,11-12,21,24H,10H2,1-2H3. The van der Waals surface area contributed by atoms with Gasteiger partial charge in [-0.05, 0) is 37.4 Å². The van der Waals surface area contributed by atoms with Gasteiger partial charge in [-0.1, -0.05) is 18.2 Å². The number of aliphatic hydroxyl groups is 1. The van der Waals surface area contributed by atoms with Gasteiger partial charge in [0.25, 0.3) is 0 Å². The van der Waals surface area contributed by atoms with Crippen molar-refractivity contribution in [1.29, 1.82) is 5.41 Å². The molecule has 0 amide bonds. The van der Waals surface area contributed by atoms with E-state index in [9.17, 15) is 5.11 Å². The third-order valence-electron chi connectivity index (χ3n) is 4.11. The fourth-order valence-electron chi connectivity index (χ4n) is 2.97. The van der Waals surface area contributed by atoms with Crippen molar-refractivity contribution in [1.82, 2.24) is 4.98 Å². The summed E-state index contributed by atoms with van der Waals surface area (Å²) in [7, 11) is 0. The van der Waals surface area contributed by atoms with Crippen molar-refractivity contribution in [2.45, 2.75) is 20.0 Å². The Morgan fingerprint density at radius 2 is 2.00 bits per heavy atom. The number of nitrogens with zero attached hydrogens (tertiary/aromatic N) is 2. The fourth-order valence-corrected chi connectivity index (χ4v) is 4.62. The molecule has 138 valence electrons. The number of ether oxygens (including phenoxy) is 1. The number of aromatic nitrogens is 1. The summed E-state index contributed by atoms with van der Waals surface area (Å²) in [5.41, 5.74) is 2.13. The SMILES string of the molecule is CC(C)Oc1ccccc1N1CC(O)=C(c2nc(-c3cccs3)cs2)C1=N. The fraction of sp³-hybridized carbons (Fsp3) is 0.200. The van der Waals surface area contributed by atoms with Crippen LogP contribution in [0.1, 0.15) is 18.9 Å². The number of amidine groups is 1. The Kier molecular flexibility index (Phi) is 4.72. The number of hydrogen-bond donors (Lipinski definition) is 2. The molecule has 1 aliphatic heterocycles. The van der Waals surface area contributed by atoms with Crippen LogP contribution in [0, 0.1) is 5.41 Å². The molecule has 0 aliphatic carbocycles. The minimum atomic E-state index is 0.0243. The summed E-state index contributed by atoms with van der Waals surface area (Å²) < 4.78 is 5.89. The zero-order valence-electron chi connectivity index (χ0n) is 15.0. The van der Waals surface area contributed by atoms with E-state index in [0.717, 1.165) is 16.3 Å². The maximum atomic E-state index is 10.6. The first-order valence-electron chi connectivity index (χ1n) is 8.58. The lowest BCUT2D eigenvalue weighted by molar-refractivity contribution is 0.243. The van der Waals surface area contributed by atoms with Crippen molar-refractivity contribution in [2.24, 2.45) is 0 Å². The molecule has 5 nitrogen and oxygen atoms in total. The van der Waals surface area contributed by atoms with E-state index < -0.39 is 0 Å². The number of benzene rings is 1. The highest BCUT2D eigenvalue weighted by Crippen LogP contribution is 2.38. The molecule has 3 aromatic rings. The quantitative estimate of drug-likeness (QED) is 0.603. The zero-order chi connectivity index (χ0) is 19.0. The van der Waals surface area contributed by atoms with Crippen LogP contribution in [0.15, 0.2) is 52.9 Å². The Hall–Kier alpha value is -2.64. The van der Waals surface area contributed by atoms with E-state index in [1.165, 1.54) is 11.3 Å². The van der Waals surface area contributed by atoms with Crippen LogP contribution in [0.3, 0.4) is 0 Å². The number of thiazole rings is 1. The third-order valence-corrected chi connectivity index (χ3v) is 5.87. The lowest BCUT2D eigenvalue weighted by Gasteiger charge is -2.23. The van der Waals surface area contributed by atoms with Gasteiger partial charge < -0.3 is 14.7 Å². The molecule has 0 atom stereocenters. The summed E-state index contributed by atoms with van der Waals surface area (Å²) in [4.78, 5) is 7.48. The van der Waals surface area contributed by atoms with E-state index in [0.29, 0.717) is 16.3 Å². The second-order valence-corrected chi connectivity index (χ2v) is 8.21. The lowest BCUT2D eigenvalue weighted by atomic mass is 10.2. The highest BCUT2D eigenvalue weighted by molar-refractivity contribution is 7.14. The van der Waals surface area contributed by atoms with Gasteiger partial charge in [0.15, 0.2) is 0 Å². The Labute approximate surface area is 165 Å². The minimum absolute atomic E-state index is 0.0243. The minimum Gasteiger partial charge on any atom is -0.510 e. The van der Waals surface area contributed by atoms with Gasteiger partial charge in [0.1, 0.15) is 22.4 Å². The largest absolute Gasteiger partial charge is 0.510 e. The van der Waals surface area contributed by atoms with E-state index in [1.807, 2.05) is 61.0 Å². The number of hydrogen-bond acceptors (Lipinski definition) is 6. The monoisotopic (exact) mass is 397 g/mol. The maximum Gasteiger partial charge on any atom is 0.143 e. The average Bonchev–Trinajstić information content (AvgIpc) is 3.35.